The Hall–Kier alpha value is -2.89. The van der Waals surface area contributed by atoms with Gasteiger partial charge in [-0.3, -0.25) is 0 Å². The molecule has 6 nitrogen and oxygen atoms in total. The lowest BCUT2D eigenvalue weighted by Gasteiger charge is -2.09. The molecule has 2 heterocycles. The van der Waals surface area contributed by atoms with Gasteiger partial charge in [0, 0.05) is 5.69 Å². The van der Waals surface area contributed by atoms with Gasteiger partial charge in [0.1, 0.15) is 12.1 Å². The normalized spacial score (nSPS) is 10.7. The summed E-state index contributed by atoms with van der Waals surface area (Å²) in [5.74, 6) is -0.219. The second-order valence-electron chi connectivity index (χ2n) is 4.46. The van der Waals surface area contributed by atoms with Crippen LogP contribution in [0.25, 0.3) is 5.65 Å². The summed E-state index contributed by atoms with van der Waals surface area (Å²) in [5.41, 5.74) is 2.70. The highest BCUT2D eigenvalue weighted by Gasteiger charge is 2.07. The number of anilines is 2. The second kappa shape index (κ2) is 4.65. The molecule has 0 bridgehead atoms. The first kappa shape index (κ1) is 12.2. The summed E-state index contributed by atoms with van der Waals surface area (Å²) in [6.07, 6.45) is 1.48. The molecule has 0 saturated heterocycles. The van der Waals surface area contributed by atoms with Gasteiger partial charge in [0.2, 0.25) is 0 Å². The number of carboxylic acids is 1. The molecule has 0 aliphatic heterocycles. The molecular formula is C14H12N4O2. The Bertz CT molecular complexity index is 795. The number of carbonyl (C=O) groups is 1. The number of hydrogen-bond donors (Lipinski definition) is 2. The fourth-order valence-electron chi connectivity index (χ4n) is 2.02. The summed E-state index contributed by atoms with van der Waals surface area (Å²) in [5, 5.41) is 16.3. The number of hydrogen-bond acceptors (Lipinski definition) is 4. The Morgan fingerprint density at radius 2 is 2.15 bits per heavy atom. The number of carboxylic acid groups (broad SMARTS) is 1. The van der Waals surface area contributed by atoms with Gasteiger partial charge in [0.25, 0.3) is 0 Å². The van der Waals surface area contributed by atoms with Crippen molar-refractivity contribution in [1.82, 2.24) is 14.6 Å². The highest BCUT2D eigenvalue weighted by Crippen LogP contribution is 2.19. The van der Waals surface area contributed by atoms with Crippen molar-refractivity contribution < 1.29 is 9.90 Å². The summed E-state index contributed by atoms with van der Waals surface area (Å²) >= 11 is 0. The highest BCUT2D eigenvalue weighted by molar-refractivity contribution is 5.89. The van der Waals surface area contributed by atoms with E-state index in [2.05, 4.69) is 15.4 Å². The summed E-state index contributed by atoms with van der Waals surface area (Å²) in [6.45, 7) is 1.97. The van der Waals surface area contributed by atoms with E-state index in [-0.39, 0.29) is 5.56 Å². The van der Waals surface area contributed by atoms with Gasteiger partial charge in [0.15, 0.2) is 5.65 Å². The van der Waals surface area contributed by atoms with Crippen LogP contribution in [0.3, 0.4) is 0 Å². The van der Waals surface area contributed by atoms with Crippen molar-refractivity contribution >= 4 is 23.1 Å². The SMILES string of the molecule is Cc1cc(Nc2cccc(C(=O)O)c2)n2ncnc2c1. The van der Waals surface area contributed by atoms with E-state index in [1.807, 2.05) is 19.1 Å². The first-order chi connectivity index (χ1) is 9.63. The van der Waals surface area contributed by atoms with E-state index in [0.29, 0.717) is 5.69 Å². The molecule has 1 aromatic carbocycles. The number of rotatable bonds is 3. The fraction of sp³-hybridized carbons (Fsp3) is 0.0714. The number of benzene rings is 1. The monoisotopic (exact) mass is 268 g/mol. The van der Waals surface area contributed by atoms with Crippen LogP contribution in [0, 0.1) is 6.92 Å². The Labute approximate surface area is 114 Å². The lowest BCUT2D eigenvalue weighted by Crippen LogP contribution is -2.02. The Morgan fingerprint density at radius 3 is 2.95 bits per heavy atom. The van der Waals surface area contributed by atoms with Crippen molar-refractivity contribution in [2.24, 2.45) is 0 Å². The quantitative estimate of drug-likeness (QED) is 0.762. The van der Waals surface area contributed by atoms with Crippen LogP contribution >= 0.6 is 0 Å². The summed E-state index contributed by atoms with van der Waals surface area (Å²) in [7, 11) is 0. The fourth-order valence-corrected chi connectivity index (χ4v) is 2.02. The van der Waals surface area contributed by atoms with E-state index < -0.39 is 5.97 Å². The van der Waals surface area contributed by atoms with Gasteiger partial charge in [0.05, 0.1) is 5.56 Å². The molecule has 0 amide bonds. The second-order valence-corrected chi connectivity index (χ2v) is 4.46. The molecule has 0 aliphatic carbocycles. The van der Waals surface area contributed by atoms with Gasteiger partial charge in [-0.1, -0.05) is 6.07 Å². The molecule has 3 aromatic rings. The number of aryl methyl sites for hydroxylation is 1. The third-order valence-electron chi connectivity index (χ3n) is 2.91. The van der Waals surface area contributed by atoms with Crippen LogP contribution in [0.1, 0.15) is 15.9 Å². The first-order valence-corrected chi connectivity index (χ1v) is 6.04. The maximum absolute atomic E-state index is 11.0. The molecule has 0 saturated carbocycles. The zero-order valence-electron chi connectivity index (χ0n) is 10.7. The van der Waals surface area contributed by atoms with Gasteiger partial charge in [-0.15, -0.1) is 0 Å². The summed E-state index contributed by atoms with van der Waals surface area (Å²) in [6, 6.07) is 10.5. The molecule has 2 N–H and O–H groups in total. The largest absolute Gasteiger partial charge is 0.478 e. The molecule has 2 aromatic heterocycles. The molecule has 0 fully saturated rings. The summed E-state index contributed by atoms with van der Waals surface area (Å²) in [4.78, 5) is 15.1. The van der Waals surface area contributed by atoms with Crippen molar-refractivity contribution in [3.8, 4) is 0 Å². The molecule has 0 unspecified atom stereocenters. The summed E-state index contributed by atoms with van der Waals surface area (Å²) < 4.78 is 1.67. The lowest BCUT2D eigenvalue weighted by atomic mass is 10.2. The number of pyridine rings is 1. The van der Waals surface area contributed by atoms with E-state index in [1.54, 1.807) is 28.8 Å². The third kappa shape index (κ3) is 2.18. The van der Waals surface area contributed by atoms with E-state index in [1.165, 1.54) is 6.33 Å². The van der Waals surface area contributed by atoms with Crippen LogP contribution in [-0.4, -0.2) is 25.7 Å². The molecule has 0 radical (unpaired) electrons. The van der Waals surface area contributed by atoms with Gasteiger partial charge in [-0.25, -0.2) is 9.78 Å². The van der Waals surface area contributed by atoms with Gasteiger partial charge in [-0.2, -0.15) is 9.61 Å². The predicted octanol–water partition coefficient (Wildman–Crippen LogP) is 2.48. The van der Waals surface area contributed by atoms with Crippen molar-refractivity contribution in [3.05, 3.63) is 53.9 Å². The topological polar surface area (TPSA) is 79.5 Å². The molecule has 6 heteroatoms. The first-order valence-electron chi connectivity index (χ1n) is 6.04. The van der Waals surface area contributed by atoms with Crippen LogP contribution in [0.4, 0.5) is 11.5 Å². The third-order valence-corrected chi connectivity index (χ3v) is 2.91. The van der Waals surface area contributed by atoms with Crippen LogP contribution in [0.15, 0.2) is 42.7 Å². The smallest absolute Gasteiger partial charge is 0.335 e. The van der Waals surface area contributed by atoms with Gasteiger partial charge < -0.3 is 10.4 Å². The zero-order valence-corrected chi connectivity index (χ0v) is 10.7. The van der Waals surface area contributed by atoms with E-state index >= 15 is 0 Å². The van der Waals surface area contributed by atoms with Crippen molar-refractivity contribution in [1.29, 1.82) is 0 Å². The predicted molar refractivity (Wildman–Crippen MR) is 74.4 cm³/mol. The minimum atomic E-state index is -0.955. The van der Waals surface area contributed by atoms with E-state index in [4.69, 9.17) is 5.11 Å². The van der Waals surface area contributed by atoms with E-state index in [9.17, 15) is 4.79 Å². The van der Waals surface area contributed by atoms with Crippen molar-refractivity contribution in [2.45, 2.75) is 6.92 Å². The van der Waals surface area contributed by atoms with Gasteiger partial charge in [-0.05, 0) is 42.8 Å². The van der Waals surface area contributed by atoms with Crippen molar-refractivity contribution in [3.63, 3.8) is 0 Å². The molecule has 0 atom stereocenters. The number of aromatic carboxylic acids is 1. The maximum Gasteiger partial charge on any atom is 0.335 e. The average Bonchev–Trinajstić information content (AvgIpc) is 2.87. The molecule has 3 rings (SSSR count). The average molecular weight is 268 g/mol. The van der Waals surface area contributed by atoms with Crippen LogP contribution < -0.4 is 5.32 Å². The standard InChI is InChI=1S/C14H12N4O2/c1-9-5-12-15-8-16-18(12)13(6-9)17-11-4-2-3-10(7-11)14(19)20/h2-8,17H,1H3,(H,19,20). The number of nitrogens with one attached hydrogen (secondary N) is 1. The zero-order chi connectivity index (χ0) is 14.1. The molecule has 20 heavy (non-hydrogen) atoms. The van der Waals surface area contributed by atoms with Crippen LogP contribution in [0.2, 0.25) is 0 Å². The van der Waals surface area contributed by atoms with E-state index in [0.717, 1.165) is 17.0 Å². The van der Waals surface area contributed by atoms with Gasteiger partial charge >= 0.3 is 5.97 Å². The Balaban J connectivity index is 2.02. The number of aromatic nitrogens is 3. The van der Waals surface area contributed by atoms with Crippen LogP contribution in [0.5, 0.6) is 0 Å². The Morgan fingerprint density at radius 1 is 1.30 bits per heavy atom. The van der Waals surface area contributed by atoms with Crippen LogP contribution in [-0.2, 0) is 0 Å². The molecule has 0 spiro atoms. The van der Waals surface area contributed by atoms with Crippen molar-refractivity contribution in [2.75, 3.05) is 5.32 Å². The minimum Gasteiger partial charge on any atom is -0.478 e. The minimum absolute atomic E-state index is 0.234. The number of nitrogens with zero attached hydrogens (tertiary/aromatic N) is 3. The molecular weight excluding hydrogens is 256 g/mol. The maximum atomic E-state index is 11.0. The molecule has 100 valence electrons. The highest BCUT2D eigenvalue weighted by atomic mass is 16.4. The number of fused-ring (bicyclic) bond motifs is 1. The molecule has 0 aliphatic rings. The Kier molecular flexibility index (Phi) is 2.83. The lowest BCUT2D eigenvalue weighted by molar-refractivity contribution is 0.0697.